The van der Waals surface area contributed by atoms with Gasteiger partial charge in [-0.3, -0.25) is 4.79 Å². The zero-order valence-electron chi connectivity index (χ0n) is 15.0. The smallest absolute Gasteiger partial charge is 0.341 e. The zero-order valence-corrected chi connectivity index (χ0v) is 15.8. The summed E-state index contributed by atoms with van der Waals surface area (Å²) in [5.41, 5.74) is 0.955. The molecule has 136 valence electrons. The molecule has 0 aliphatic carbocycles. The number of aryl methyl sites for hydroxylation is 1. The van der Waals surface area contributed by atoms with Gasteiger partial charge in [-0.05, 0) is 38.0 Å². The average Bonchev–Trinajstić information content (AvgIpc) is 2.88. The van der Waals surface area contributed by atoms with Crippen molar-refractivity contribution in [1.29, 1.82) is 0 Å². The molecule has 0 bridgehead atoms. The van der Waals surface area contributed by atoms with E-state index in [0.717, 1.165) is 16.0 Å². The first kappa shape index (κ1) is 18.1. The van der Waals surface area contributed by atoms with Crippen LogP contribution < -0.4 is 5.32 Å². The molecule has 1 atom stereocenters. The highest BCUT2D eigenvalue weighted by Gasteiger charge is 2.43. The minimum atomic E-state index is -1.36. The summed E-state index contributed by atoms with van der Waals surface area (Å²) in [6, 6.07) is 7.05. The van der Waals surface area contributed by atoms with E-state index in [0.29, 0.717) is 16.1 Å². The second-order valence-electron chi connectivity index (χ2n) is 6.39. The molecule has 0 fully saturated rings. The van der Waals surface area contributed by atoms with Crippen molar-refractivity contribution >= 4 is 34.2 Å². The summed E-state index contributed by atoms with van der Waals surface area (Å²) < 4.78 is 10.3. The van der Waals surface area contributed by atoms with Gasteiger partial charge in [-0.1, -0.05) is 18.2 Å². The maximum Gasteiger partial charge on any atom is 0.341 e. The lowest BCUT2D eigenvalue weighted by atomic mass is 9.89. The Labute approximate surface area is 155 Å². The van der Waals surface area contributed by atoms with Crippen LogP contribution in [0.3, 0.4) is 0 Å². The third-order valence-electron chi connectivity index (χ3n) is 4.57. The number of benzene rings is 1. The van der Waals surface area contributed by atoms with Crippen molar-refractivity contribution in [1.82, 2.24) is 0 Å². The molecule has 1 aromatic carbocycles. The number of anilines is 1. The van der Waals surface area contributed by atoms with Crippen LogP contribution >= 0.6 is 11.3 Å². The van der Waals surface area contributed by atoms with Crippen LogP contribution in [0.1, 0.15) is 43.6 Å². The molecule has 2 heterocycles. The number of methoxy groups -OCH3 is 1. The Kier molecular flexibility index (Phi) is 4.58. The van der Waals surface area contributed by atoms with Crippen LogP contribution in [0, 0.1) is 13.8 Å². The fourth-order valence-electron chi connectivity index (χ4n) is 2.96. The van der Waals surface area contributed by atoms with E-state index in [1.165, 1.54) is 18.4 Å². The van der Waals surface area contributed by atoms with E-state index in [2.05, 4.69) is 5.32 Å². The molecule has 1 unspecified atom stereocenters. The number of thiophene rings is 1. The highest BCUT2D eigenvalue weighted by molar-refractivity contribution is 7.16. The van der Waals surface area contributed by atoms with Crippen LogP contribution in [-0.2, 0) is 20.7 Å². The van der Waals surface area contributed by atoms with E-state index in [9.17, 15) is 14.4 Å². The first-order valence-electron chi connectivity index (χ1n) is 8.08. The molecule has 0 saturated carbocycles. The van der Waals surface area contributed by atoms with E-state index in [1.54, 1.807) is 32.0 Å². The predicted molar refractivity (Wildman–Crippen MR) is 97.7 cm³/mol. The number of amides is 1. The third kappa shape index (κ3) is 2.99. The van der Waals surface area contributed by atoms with Crippen LogP contribution in [0.4, 0.5) is 5.00 Å². The number of cyclic esters (lactones) is 1. The normalized spacial score (nSPS) is 18.7. The van der Waals surface area contributed by atoms with E-state index >= 15 is 0 Å². The van der Waals surface area contributed by atoms with Crippen molar-refractivity contribution in [3.63, 3.8) is 0 Å². The van der Waals surface area contributed by atoms with Gasteiger partial charge in [0.05, 0.1) is 18.2 Å². The van der Waals surface area contributed by atoms with E-state index in [-0.39, 0.29) is 6.42 Å². The Bertz CT molecular complexity index is 917. The van der Waals surface area contributed by atoms with Crippen molar-refractivity contribution in [2.24, 2.45) is 0 Å². The lowest BCUT2D eigenvalue weighted by Gasteiger charge is -2.32. The number of ether oxygens (including phenoxy) is 2. The third-order valence-corrected chi connectivity index (χ3v) is 5.69. The standard InChI is InChI=1S/C19H19NO5S/c1-10-11(2)26-15(14(10)17(22)24-4)20-18(23)19(3)9-12-7-5-6-8-13(12)16(21)25-19/h5-8H,9H2,1-4H3,(H,20,23). The van der Waals surface area contributed by atoms with Crippen molar-refractivity contribution in [3.05, 3.63) is 51.4 Å². The van der Waals surface area contributed by atoms with Gasteiger partial charge in [-0.2, -0.15) is 0 Å². The van der Waals surface area contributed by atoms with Gasteiger partial charge in [-0.15, -0.1) is 11.3 Å². The first-order valence-corrected chi connectivity index (χ1v) is 8.89. The van der Waals surface area contributed by atoms with Crippen molar-refractivity contribution in [2.45, 2.75) is 32.8 Å². The molecule has 1 aliphatic rings. The average molecular weight is 373 g/mol. The minimum absolute atomic E-state index is 0.262. The molecular formula is C19H19NO5S. The molecule has 7 heteroatoms. The Morgan fingerprint density at radius 1 is 1.27 bits per heavy atom. The Morgan fingerprint density at radius 2 is 1.96 bits per heavy atom. The molecule has 1 aliphatic heterocycles. The topological polar surface area (TPSA) is 81.7 Å². The molecule has 26 heavy (non-hydrogen) atoms. The zero-order chi connectivity index (χ0) is 19.1. The second-order valence-corrected chi connectivity index (χ2v) is 7.61. The Balaban J connectivity index is 1.91. The lowest BCUT2D eigenvalue weighted by molar-refractivity contribution is -0.134. The fourth-order valence-corrected chi connectivity index (χ4v) is 4.00. The van der Waals surface area contributed by atoms with Crippen LogP contribution in [0.15, 0.2) is 24.3 Å². The van der Waals surface area contributed by atoms with Crippen LogP contribution in [0.5, 0.6) is 0 Å². The molecule has 2 aromatic rings. The maximum absolute atomic E-state index is 12.9. The number of rotatable bonds is 3. The van der Waals surface area contributed by atoms with Crippen molar-refractivity contribution in [2.75, 3.05) is 12.4 Å². The van der Waals surface area contributed by atoms with Gasteiger partial charge in [0.15, 0.2) is 5.60 Å². The molecule has 0 radical (unpaired) electrons. The van der Waals surface area contributed by atoms with Gasteiger partial charge >= 0.3 is 11.9 Å². The molecule has 6 nitrogen and oxygen atoms in total. The summed E-state index contributed by atoms with van der Waals surface area (Å²) in [5, 5.41) is 3.15. The predicted octanol–water partition coefficient (Wildman–Crippen LogP) is 3.26. The molecular weight excluding hydrogens is 354 g/mol. The van der Waals surface area contributed by atoms with Crippen LogP contribution in [0.25, 0.3) is 0 Å². The Hall–Kier alpha value is -2.67. The number of carbonyl (C=O) groups excluding carboxylic acids is 3. The van der Waals surface area contributed by atoms with Crippen molar-refractivity contribution in [3.8, 4) is 0 Å². The minimum Gasteiger partial charge on any atom is -0.465 e. The van der Waals surface area contributed by atoms with Gasteiger partial charge in [0, 0.05) is 11.3 Å². The first-order chi connectivity index (χ1) is 12.3. The molecule has 3 rings (SSSR count). The molecule has 1 N–H and O–H groups in total. The summed E-state index contributed by atoms with van der Waals surface area (Å²) in [6.07, 6.45) is 0.262. The van der Waals surface area contributed by atoms with Gasteiger partial charge in [-0.25, -0.2) is 9.59 Å². The largest absolute Gasteiger partial charge is 0.465 e. The number of nitrogens with one attached hydrogen (secondary N) is 1. The summed E-state index contributed by atoms with van der Waals surface area (Å²) in [7, 11) is 1.29. The lowest BCUT2D eigenvalue weighted by Crippen LogP contribution is -2.48. The number of esters is 2. The summed E-state index contributed by atoms with van der Waals surface area (Å²) in [6.45, 7) is 5.23. The maximum atomic E-state index is 12.9. The van der Waals surface area contributed by atoms with E-state index in [4.69, 9.17) is 9.47 Å². The SMILES string of the molecule is COC(=O)c1c(NC(=O)C2(C)Cc3ccccc3C(=O)O2)sc(C)c1C. The van der Waals surface area contributed by atoms with Crippen LogP contribution in [0.2, 0.25) is 0 Å². The Morgan fingerprint density at radius 3 is 2.65 bits per heavy atom. The molecule has 0 saturated heterocycles. The second kappa shape index (κ2) is 6.57. The fraction of sp³-hybridized carbons (Fsp3) is 0.316. The number of hydrogen-bond donors (Lipinski definition) is 1. The van der Waals surface area contributed by atoms with E-state index in [1.807, 2.05) is 13.0 Å². The van der Waals surface area contributed by atoms with Crippen LogP contribution in [-0.4, -0.2) is 30.6 Å². The number of fused-ring (bicyclic) bond motifs is 1. The van der Waals surface area contributed by atoms with Gasteiger partial charge in [0.25, 0.3) is 5.91 Å². The highest BCUT2D eigenvalue weighted by Crippen LogP contribution is 2.35. The van der Waals surface area contributed by atoms with Gasteiger partial charge in [0.2, 0.25) is 0 Å². The highest BCUT2D eigenvalue weighted by atomic mass is 32.1. The molecule has 0 spiro atoms. The van der Waals surface area contributed by atoms with Gasteiger partial charge < -0.3 is 14.8 Å². The number of hydrogen-bond acceptors (Lipinski definition) is 6. The molecule has 1 aromatic heterocycles. The number of carbonyl (C=O) groups is 3. The quantitative estimate of drug-likeness (QED) is 0.835. The molecule has 1 amide bonds. The summed E-state index contributed by atoms with van der Waals surface area (Å²) in [4.78, 5) is 38.1. The van der Waals surface area contributed by atoms with Crippen molar-refractivity contribution < 1.29 is 23.9 Å². The summed E-state index contributed by atoms with van der Waals surface area (Å²) in [5.74, 6) is -1.53. The monoisotopic (exact) mass is 373 g/mol. The van der Waals surface area contributed by atoms with Gasteiger partial charge in [0.1, 0.15) is 5.00 Å². The van der Waals surface area contributed by atoms with E-state index < -0.39 is 23.4 Å². The summed E-state index contributed by atoms with van der Waals surface area (Å²) >= 11 is 1.29.